The minimum absolute atomic E-state index is 0.0921. The number of benzene rings is 1. The van der Waals surface area contributed by atoms with E-state index in [1.54, 1.807) is 6.20 Å². The van der Waals surface area contributed by atoms with Crippen LogP contribution in [0.1, 0.15) is 50.5 Å². The molecule has 1 saturated carbocycles. The summed E-state index contributed by atoms with van der Waals surface area (Å²) in [5.74, 6) is 1.59. The second-order valence-corrected chi connectivity index (χ2v) is 7.41. The van der Waals surface area contributed by atoms with Gasteiger partial charge in [-0.15, -0.1) is 0 Å². The van der Waals surface area contributed by atoms with Crippen molar-refractivity contribution in [2.24, 2.45) is 5.92 Å². The van der Waals surface area contributed by atoms with E-state index in [1.165, 1.54) is 32.1 Å². The van der Waals surface area contributed by atoms with Crippen molar-refractivity contribution < 1.29 is 4.79 Å². The second kappa shape index (κ2) is 8.47. The number of nitrogens with zero attached hydrogens (tertiary/aromatic N) is 2. The van der Waals surface area contributed by atoms with Crippen LogP contribution in [-0.4, -0.2) is 15.7 Å². The van der Waals surface area contributed by atoms with Gasteiger partial charge in [-0.05, 0) is 24.0 Å². The molecule has 1 aliphatic carbocycles. The molecule has 24 heavy (non-hydrogen) atoms. The molecule has 1 aliphatic rings. The van der Waals surface area contributed by atoms with Crippen LogP contribution in [0.2, 0.25) is 0 Å². The fraction of sp³-hybridized carbons (Fsp3) is 0.474. The number of hydrogen-bond acceptors (Lipinski definition) is 2. The van der Waals surface area contributed by atoms with Crippen molar-refractivity contribution in [3.8, 4) is 0 Å². The van der Waals surface area contributed by atoms with Gasteiger partial charge in [0.15, 0.2) is 0 Å². The van der Waals surface area contributed by atoms with Crippen molar-refractivity contribution >= 4 is 27.7 Å². The van der Waals surface area contributed by atoms with Crippen LogP contribution in [0.15, 0.2) is 41.0 Å². The summed E-state index contributed by atoms with van der Waals surface area (Å²) >= 11 is 3.56. The molecule has 0 spiro atoms. The van der Waals surface area contributed by atoms with E-state index < -0.39 is 0 Å². The lowest BCUT2D eigenvalue weighted by atomic mass is 9.86. The molecule has 1 fully saturated rings. The quantitative estimate of drug-likeness (QED) is 0.755. The average Bonchev–Trinajstić information content (AvgIpc) is 3.03. The molecule has 1 heterocycles. The zero-order valence-electron chi connectivity index (χ0n) is 13.9. The van der Waals surface area contributed by atoms with Crippen molar-refractivity contribution in [3.63, 3.8) is 0 Å². The number of carbonyl (C=O) groups excluding carboxylic acids is 1. The summed E-state index contributed by atoms with van der Waals surface area (Å²) in [5, 5.41) is 7.35. The first-order chi connectivity index (χ1) is 11.7. The molecular weight excluding hydrogens is 366 g/mol. The highest BCUT2D eigenvalue weighted by Gasteiger charge is 2.15. The van der Waals surface area contributed by atoms with Gasteiger partial charge >= 0.3 is 0 Å². The number of amides is 1. The summed E-state index contributed by atoms with van der Waals surface area (Å²) < 4.78 is 2.88. The Hall–Kier alpha value is -1.62. The molecule has 5 heteroatoms. The number of rotatable bonds is 6. The monoisotopic (exact) mass is 389 g/mol. The molecule has 2 aromatic rings. The summed E-state index contributed by atoms with van der Waals surface area (Å²) in [5.41, 5.74) is 1.14. The second-order valence-electron chi connectivity index (χ2n) is 6.56. The van der Waals surface area contributed by atoms with Crippen LogP contribution in [0.25, 0.3) is 0 Å². The summed E-state index contributed by atoms with van der Waals surface area (Å²) in [6, 6.07) is 9.92. The van der Waals surface area contributed by atoms with Gasteiger partial charge in [-0.1, -0.05) is 66.2 Å². The highest BCUT2D eigenvalue weighted by atomic mass is 79.9. The number of anilines is 1. The zero-order chi connectivity index (χ0) is 16.8. The van der Waals surface area contributed by atoms with Gasteiger partial charge in [0.1, 0.15) is 5.82 Å². The Labute approximate surface area is 151 Å². The molecule has 1 N–H and O–H groups in total. The van der Waals surface area contributed by atoms with Gasteiger partial charge in [-0.3, -0.25) is 4.79 Å². The van der Waals surface area contributed by atoms with E-state index in [9.17, 15) is 4.79 Å². The average molecular weight is 390 g/mol. The van der Waals surface area contributed by atoms with Gasteiger partial charge in [0.05, 0.1) is 12.7 Å². The molecule has 0 aliphatic heterocycles. The Kier molecular flexibility index (Phi) is 6.07. The van der Waals surface area contributed by atoms with Crippen molar-refractivity contribution in [3.05, 3.63) is 46.6 Å². The first-order valence-electron chi connectivity index (χ1n) is 8.77. The fourth-order valence-electron chi connectivity index (χ4n) is 3.37. The Balaban J connectivity index is 1.55. The van der Waals surface area contributed by atoms with Gasteiger partial charge in [0, 0.05) is 17.0 Å². The number of hydrogen-bond donors (Lipinski definition) is 1. The molecule has 0 atom stereocenters. The predicted molar refractivity (Wildman–Crippen MR) is 99.9 cm³/mol. The third kappa shape index (κ3) is 4.69. The number of carbonyl (C=O) groups is 1. The Morgan fingerprint density at radius 3 is 2.79 bits per heavy atom. The highest BCUT2D eigenvalue weighted by Crippen LogP contribution is 2.27. The van der Waals surface area contributed by atoms with E-state index in [1.807, 2.05) is 28.9 Å². The molecule has 4 nitrogen and oxygen atoms in total. The third-order valence-corrected chi connectivity index (χ3v) is 5.54. The minimum Gasteiger partial charge on any atom is -0.311 e. The van der Waals surface area contributed by atoms with E-state index in [0.717, 1.165) is 28.2 Å². The van der Waals surface area contributed by atoms with E-state index in [0.29, 0.717) is 13.0 Å². The van der Waals surface area contributed by atoms with Crippen molar-refractivity contribution in [1.29, 1.82) is 0 Å². The molecule has 0 bridgehead atoms. The Morgan fingerprint density at radius 1 is 1.21 bits per heavy atom. The maximum atomic E-state index is 12.3. The van der Waals surface area contributed by atoms with Crippen LogP contribution in [0.3, 0.4) is 0 Å². The largest absolute Gasteiger partial charge is 0.311 e. The number of aromatic nitrogens is 2. The van der Waals surface area contributed by atoms with Crippen LogP contribution in [0, 0.1) is 5.92 Å². The molecule has 3 rings (SSSR count). The van der Waals surface area contributed by atoms with E-state index in [4.69, 9.17) is 0 Å². The molecule has 0 unspecified atom stereocenters. The van der Waals surface area contributed by atoms with E-state index in [2.05, 4.69) is 32.4 Å². The Morgan fingerprint density at radius 2 is 2.00 bits per heavy atom. The maximum absolute atomic E-state index is 12.3. The molecule has 1 aromatic heterocycles. The lowest BCUT2D eigenvalue weighted by molar-refractivity contribution is -0.116. The first-order valence-corrected chi connectivity index (χ1v) is 9.57. The van der Waals surface area contributed by atoms with Gasteiger partial charge in [-0.2, -0.15) is 5.10 Å². The number of nitrogens with one attached hydrogen (secondary N) is 1. The third-order valence-electron chi connectivity index (χ3n) is 4.77. The maximum Gasteiger partial charge on any atom is 0.225 e. The standard InChI is InChI=1S/C19H24BrN3O/c20-17-9-5-4-8-16(17)14-23-18(12-13-21-23)22-19(24)11-10-15-6-2-1-3-7-15/h4-5,8-9,12-13,15H,1-3,6-7,10-11,14H2,(H,22,24). The first kappa shape index (κ1) is 17.2. The van der Waals surface area contributed by atoms with Crippen LogP contribution in [0.5, 0.6) is 0 Å². The Bertz CT molecular complexity index is 677. The van der Waals surface area contributed by atoms with E-state index >= 15 is 0 Å². The summed E-state index contributed by atoms with van der Waals surface area (Å²) in [4.78, 5) is 12.3. The van der Waals surface area contributed by atoms with Gasteiger partial charge in [0.2, 0.25) is 5.91 Å². The smallest absolute Gasteiger partial charge is 0.225 e. The van der Waals surface area contributed by atoms with Crippen LogP contribution in [-0.2, 0) is 11.3 Å². The normalized spacial score (nSPS) is 15.4. The molecule has 0 saturated heterocycles. The van der Waals surface area contributed by atoms with Gasteiger partial charge < -0.3 is 5.32 Å². The number of halogens is 1. The van der Waals surface area contributed by atoms with Crippen molar-refractivity contribution in [2.45, 2.75) is 51.5 Å². The molecule has 0 radical (unpaired) electrons. The summed E-state index contributed by atoms with van der Waals surface area (Å²) in [6.07, 6.45) is 9.91. The van der Waals surface area contributed by atoms with Crippen LogP contribution < -0.4 is 5.32 Å². The molecular formula is C19H24BrN3O. The zero-order valence-corrected chi connectivity index (χ0v) is 15.5. The van der Waals surface area contributed by atoms with Gasteiger partial charge in [-0.25, -0.2) is 4.68 Å². The molecule has 1 aromatic carbocycles. The topological polar surface area (TPSA) is 46.9 Å². The van der Waals surface area contributed by atoms with Crippen LogP contribution >= 0.6 is 15.9 Å². The molecule has 1 amide bonds. The van der Waals surface area contributed by atoms with Gasteiger partial charge in [0.25, 0.3) is 0 Å². The fourth-order valence-corrected chi connectivity index (χ4v) is 3.78. The lowest BCUT2D eigenvalue weighted by Crippen LogP contribution is -2.17. The molecule has 128 valence electrons. The highest BCUT2D eigenvalue weighted by molar-refractivity contribution is 9.10. The van der Waals surface area contributed by atoms with Crippen molar-refractivity contribution in [2.75, 3.05) is 5.32 Å². The van der Waals surface area contributed by atoms with E-state index in [-0.39, 0.29) is 5.91 Å². The van der Waals surface area contributed by atoms with Crippen LogP contribution in [0.4, 0.5) is 5.82 Å². The summed E-state index contributed by atoms with van der Waals surface area (Å²) in [7, 11) is 0. The SMILES string of the molecule is O=C(CCC1CCCCC1)Nc1ccnn1Cc1ccccc1Br. The van der Waals surface area contributed by atoms with Crippen molar-refractivity contribution in [1.82, 2.24) is 9.78 Å². The lowest BCUT2D eigenvalue weighted by Gasteiger charge is -2.21. The predicted octanol–water partition coefficient (Wildman–Crippen LogP) is 4.99. The summed E-state index contributed by atoms with van der Waals surface area (Å²) in [6.45, 7) is 0.632. The minimum atomic E-state index is 0.0921.